The van der Waals surface area contributed by atoms with Crippen LogP contribution in [0.25, 0.3) is 0 Å². The maximum Gasteiger partial charge on any atom is 0.191 e. The molecule has 0 saturated carbocycles. The van der Waals surface area contributed by atoms with Gasteiger partial charge in [0.15, 0.2) is 5.96 Å². The molecule has 1 aromatic carbocycles. The van der Waals surface area contributed by atoms with E-state index in [1.807, 2.05) is 13.0 Å². The minimum Gasteiger partial charge on any atom is -0.494 e. The van der Waals surface area contributed by atoms with Gasteiger partial charge in [-0.25, -0.2) is 0 Å². The minimum atomic E-state index is 0. The van der Waals surface area contributed by atoms with Gasteiger partial charge in [-0.15, -0.1) is 30.6 Å². The number of nitrogens with one attached hydrogen (secondary N) is 2. The molecule has 146 valence electrons. The van der Waals surface area contributed by atoms with Crippen LogP contribution in [-0.4, -0.2) is 45.4 Å². The topological polar surface area (TPSA) is 54.9 Å². The molecule has 0 atom stereocenters. The summed E-state index contributed by atoms with van der Waals surface area (Å²) in [6.07, 6.45) is 3.79. The zero-order chi connectivity index (χ0) is 18.0. The molecule has 2 N–H and O–H groups in total. The second-order valence-electron chi connectivity index (χ2n) is 6.21. The predicted octanol–water partition coefficient (Wildman–Crippen LogP) is 3.49. The molecule has 0 radical (unpaired) electrons. The molecule has 0 aliphatic carbocycles. The molecule has 26 heavy (non-hydrogen) atoms. The molecule has 0 spiro atoms. The second-order valence-corrected chi connectivity index (χ2v) is 6.21. The number of benzene rings is 1. The summed E-state index contributed by atoms with van der Waals surface area (Å²) < 4.78 is 11.2. The summed E-state index contributed by atoms with van der Waals surface area (Å²) in [6, 6.07) is 8.47. The number of aliphatic imine (C=N–C) groups is 1. The van der Waals surface area contributed by atoms with Gasteiger partial charge < -0.3 is 20.1 Å². The molecule has 2 rings (SSSR count). The van der Waals surface area contributed by atoms with Crippen LogP contribution in [0.4, 0.5) is 0 Å². The summed E-state index contributed by atoms with van der Waals surface area (Å²) in [5.41, 5.74) is 1.32. The van der Waals surface area contributed by atoms with Gasteiger partial charge in [-0.2, -0.15) is 0 Å². The number of hydrogen-bond acceptors (Lipinski definition) is 3. The Morgan fingerprint density at radius 2 is 1.92 bits per heavy atom. The van der Waals surface area contributed by atoms with Crippen LogP contribution in [0.5, 0.6) is 5.75 Å². The van der Waals surface area contributed by atoms with E-state index in [0.29, 0.717) is 13.2 Å². The third-order valence-corrected chi connectivity index (χ3v) is 4.53. The molecule has 5 nitrogen and oxygen atoms in total. The number of hydrogen-bond donors (Lipinski definition) is 2. The number of rotatable bonds is 8. The van der Waals surface area contributed by atoms with Crippen LogP contribution in [0.3, 0.4) is 0 Å². The second kappa shape index (κ2) is 12.2. The van der Waals surface area contributed by atoms with E-state index in [2.05, 4.69) is 48.4 Å². The standard InChI is InChI=1S/C20H31N3O2.HI/c1-4-13-22-19(21-5-2)23-16-20(11-14-24-15-12-20)17-7-9-18(10-8-17)25-6-3;/h4,7-10H,1,5-6,11-16H2,2-3H3,(H2,21,22,23);1H. The van der Waals surface area contributed by atoms with E-state index >= 15 is 0 Å². The molecule has 1 aromatic rings. The third-order valence-electron chi connectivity index (χ3n) is 4.53. The lowest BCUT2D eigenvalue weighted by Gasteiger charge is -2.36. The Kier molecular flexibility index (Phi) is 10.7. The molecule has 0 amide bonds. The Balaban J connectivity index is 0.00000338. The average molecular weight is 473 g/mol. The van der Waals surface area contributed by atoms with Crippen molar-refractivity contribution >= 4 is 29.9 Å². The molecule has 1 aliphatic heterocycles. The van der Waals surface area contributed by atoms with Crippen LogP contribution in [0, 0.1) is 0 Å². The molecule has 0 aromatic heterocycles. The number of guanidine groups is 1. The maximum atomic E-state index is 5.61. The van der Waals surface area contributed by atoms with Crippen molar-refractivity contribution in [1.29, 1.82) is 0 Å². The molecular weight excluding hydrogens is 441 g/mol. The van der Waals surface area contributed by atoms with Crippen molar-refractivity contribution in [2.45, 2.75) is 32.1 Å². The van der Waals surface area contributed by atoms with Gasteiger partial charge in [0, 0.05) is 31.7 Å². The summed E-state index contributed by atoms with van der Waals surface area (Å²) in [6.45, 7) is 12.3. The van der Waals surface area contributed by atoms with Crippen molar-refractivity contribution in [2.24, 2.45) is 4.99 Å². The number of nitrogens with zero attached hydrogens (tertiary/aromatic N) is 1. The van der Waals surface area contributed by atoms with Gasteiger partial charge >= 0.3 is 0 Å². The van der Waals surface area contributed by atoms with E-state index in [9.17, 15) is 0 Å². The highest BCUT2D eigenvalue weighted by Crippen LogP contribution is 2.36. The van der Waals surface area contributed by atoms with Gasteiger partial charge in [0.1, 0.15) is 5.75 Å². The van der Waals surface area contributed by atoms with Crippen molar-refractivity contribution in [3.05, 3.63) is 42.5 Å². The SMILES string of the molecule is C=CCNC(=NCC1(c2ccc(OCC)cc2)CCOCC1)NCC.I. The Morgan fingerprint density at radius 1 is 1.23 bits per heavy atom. The zero-order valence-electron chi connectivity index (χ0n) is 15.9. The molecular formula is C20H32IN3O2. The molecule has 1 heterocycles. The summed E-state index contributed by atoms with van der Waals surface area (Å²) in [7, 11) is 0. The largest absolute Gasteiger partial charge is 0.494 e. The Morgan fingerprint density at radius 3 is 2.50 bits per heavy atom. The van der Waals surface area contributed by atoms with Crippen LogP contribution >= 0.6 is 24.0 Å². The molecule has 0 unspecified atom stereocenters. The summed E-state index contributed by atoms with van der Waals surface area (Å²) in [4.78, 5) is 4.84. The van der Waals surface area contributed by atoms with Crippen molar-refractivity contribution < 1.29 is 9.47 Å². The van der Waals surface area contributed by atoms with Gasteiger partial charge in [-0.1, -0.05) is 18.2 Å². The van der Waals surface area contributed by atoms with Gasteiger partial charge in [-0.3, -0.25) is 4.99 Å². The first-order valence-corrected chi connectivity index (χ1v) is 9.18. The van der Waals surface area contributed by atoms with Crippen LogP contribution in [0.2, 0.25) is 0 Å². The highest BCUT2D eigenvalue weighted by atomic mass is 127. The molecule has 6 heteroatoms. The summed E-state index contributed by atoms with van der Waals surface area (Å²) in [5.74, 6) is 1.75. The highest BCUT2D eigenvalue weighted by Gasteiger charge is 2.34. The Bertz CT molecular complexity index is 555. The normalized spacial score (nSPS) is 16.3. The van der Waals surface area contributed by atoms with E-state index in [1.54, 1.807) is 0 Å². The summed E-state index contributed by atoms with van der Waals surface area (Å²) in [5, 5.41) is 6.57. The zero-order valence-corrected chi connectivity index (χ0v) is 18.3. The van der Waals surface area contributed by atoms with E-state index in [0.717, 1.165) is 50.9 Å². The van der Waals surface area contributed by atoms with Crippen molar-refractivity contribution in [1.82, 2.24) is 10.6 Å². The predicted molar refractivity (Wildman–Crippen MR) is 119 cm³/mol. The van der Waals surface area contributed by atoms with Gasteiger partial charge in [-0.05, 0) is 44.4 Å². The van der Waals surface area contributed by atoms with Crippen molar-refractivity contribution in [3.8, 4) is 5.75 Å². The Labute approximate surface area is 174 Å². The first-order chi connectivity index (χ1) is 12.2. The Hall–Kier alpha value is -1.28. The van der Waals surface area contributed by atoms with Crippen molar-refractivity contribution in [3.63, 3.8) is 0 Å². The summed E-state index contributed by atoms with van der Waals surface area (Å²) >= 11 is 0. The lowest BCUT2D eigenvalue weighted by molar-refractivity contribution is 0.0531. The van der Waals surface area contributed by atoms with Crippen molar-refractivity contribution in [2.75, 3.05) is 39.5 Å². The lowest BCUT2D eigenvalue weighted by atomic mass is 9.74. The highest BCUT2D eigenvalue weighted by molar-refractivity contribution is 14.0. The fraction of sp³-hybridized carbons (Fsp3) is 0.550. The van der Waals surface area contributed by atoms with E-state index in [1.165, 1.54) is 5.56 Å². The third kappa shape index (κ3) is 6.46. The molecule has 1 saturated heterocycles. The van der Waals surface area contributed by atoms with E-state index in [4.69, 9.17) is 14.5 Å². The first-order valence-electron chi connectivity index (χ1n) is 9.18. The maximum absolute atomic E-state index is 5.61. The van der Waals surface area contributed by atoms with E-state index in [-0.39, 0.29) is 29.4 Å². The van der Waals surface area contributed by atoms with Crippen LogP contribution in [-0.2, 0) is 10.2 Å². The number of ether oxygens (including phenoxy) is 2. The number of halogens is 1. The van der Waals surface area contributed by atoms with Crippen LogP contribution in [0.1, 0.15) is 32.3 Å². The molecule has 1 aliphatic rings. The monoisotopic (exact) mass is 473 g/mol. The first kappa shape index (κ1) is 22.8. The van der Waals surface area contributed by atoms with Crippen LogP contribution < -0.4 is 15.4 Å². The smallest absolute Gasteiger partial charge is 0.191 e. The van der Waals surface area contributed by atoms with E-state index < -0.39 is 0 Å². The quantitative estimate of drug-likeness (QED) is 0.263. The molecule has 0 bridgehead atoms. The lowest BCUT2D eigenvalue weighted by Crippen LogP contribution is -2.41. The van der Waals surface area contributed by atoms with Crippen LogP contribution in [0.15, 0.2) is 41.9 Å². The average Bonchev–Trinajstić information content (AvgIpc) is 2.65. The minimum absolute atomic E-state index is 0. The van der Waals surface area contributed by atoms with Gasteiger partial charge in [0.2, 0.25) is 0 Å². The van der Waals surface area contributed by atoms with Gasteiger partial charge in [0.05, 0.1) is 13.2 Å². The fourth-order valence-corrected chi connectivity index (χ4v) is 3.11. The van der Waals surface area contributed by atoms with Gasteiger partial charge in [0.25, 0.3) is 0 Å². The fourth-order valence-electron chi connectivity index (χ4n) is 3.11. The molecule has 1 fully saturated rings.